The summed E-state index contributed by atoms with van der Waals surface area (Å²) in [6.07, 6.45) is 1.94. The van der Waals surface area contributed by atoms with Gasteiger partial charge in [-0.05, 0) is 48.4 Å². The molecule has 5 nitrogen and oxygen atoms in total. The molecule has 33 heavy (non-hydrogen) atoms. The predicted octanol–water partition coefficient (Wildman–Crippen LogP) is 4.88. The van der Waals surface area contributed by atoms with Gasteiger partial charge < -0.3 is 19.2 Å². The van der Waals surface area contributed by atoms with Gasteiger partial charge >= 0.3 is 0 Å². The van der Waals surface area contributed by atoms with Gasteiger partial charge in [0, 0.05) is 40.7 Å². The quantitative estimate of drug-likeness (QED) is 0.400. The summed E-state index contributed by atoms with van der Waals surface area (Å²) in [6.45, 7) is 1.68. The van der Waals surface area contributed by atoms with Gasteiger partial charge in [-0.2, -0.15) is 0 Å². The second-order valence-electron chi connectivity index (χ2n) is 8.00. The van der Waals surface area contributed by atoms with Crippen molar-refractivity contribution in [3.8, 4) is 28.1 Å². The smallest absolute Gasteiger partial charge is 0.123 e. The standard InChI is InChI=1S/C27H21FN2O3/c1-15-24(27(31)32)21-13-17(28)10-11-23(21)29-25(15)22-14-30(2)26-19(8-5-9-20(22)26)16-6-4-7-18(12-16)33-3/h4-14H,1-3H3,(H,31,32)/p-1. The fourth-order valence-electron chi connectivity index (χ4n) is 4.54. The number of carboxylic acids is 1. The molecule has 5 aromatic rings. The molecule has 0 N–H and O–H groups in total. The van der Waals surface area contributed by atoms with E-state index in [1.165, 1.54) is 18.2 Å². The maximum absolute atomic E-state index is 13.9. The van der Waals surface area contributed by atoms with Crippen molar-refractivity contribution in [2.45, 2.75) is 6.92 Å². The largest absolute Gasteiger partial charge is 0.545 e. The van der Waals surface area contributed by atoms with E-state index < -0.39 is 11.8 Å². The van der Waals surface area contributed by atoms with E-state index in [4.69, 9.17) is 9.72 Å². The molecule has 2 aromatic heterocycles. The van der Waals surface area contributed by atoms with Crippen molar-refractivity contribution >= 4 is 27.8 Å². The molecule has 0 atom stereocenters. The third kappa shape index (κ3) is 3.31. The minimum atomic E-state index is -1.36. The van der Waals surface area contributed by atoms with Crippen molar-refractivity contribution < 1.29 is 19.0 Å². The van der Waals surface area contributed by atoms with Crippen LogP contribution in [0.3, 0.4) is 0 Å². The third-order valence-electron chi connectivity index (χ3n) is 6.03. The van der Waals surface area contributed by atoms with Crippen molar-refractivity contribution in [3.63, 3.8) is 0 Å². The van der Waals surface area contributed by atoms with Crippen LogP contribution in [-0.4, -0.2) is 22.6 Å². The Bertz CT molecular complexity index is 1570. The van der Waals surface area contributed by atoms with Gasteiger partial charge in [-0.25, -0.2) is 9.37 Å². The molecule has 2 heterocycles. The lowest BCUT2D eigenvalue weighted by atomic mass is 9.96. The third-order valence-corrected chi connectivity index (χ3v) is 6.03. The van der Waals surface area contributed by atoms with Crippen LogP contribution in [0.1, 0.15) is 15.9 Å². The molecule has 0 aliphatic carbocycles. The molecule has 164 valence electrons. The molecule has 0 aliphatic heterocycles. The SMILES string of the molecule is COc1cccc(-c2cccc3c(-c4nc5ccc(F)cc5c(C(=O)[O-])c4C)cn(C)c23)c1. The highest BCUT2D eigenvalue weighted by molar-refractivity contribution is 6.08. The number of carbonyl (C=O) groups excluding carboxylic acids is 1. The second-order valence-corrected chi connectivity index (χ2v) is 8.00. The van der Waals surface area contributed by atoms with Crippen LogP contribution in [0.4, 0.5) is 4.39 Å². The lowest BCUT2D eigenvalue weighted by Crippen LogP contribution is -2.24. The molecule has 0 unspecified atom stereocenters. The van der Waals surface area contributed by atoms with E-state index >= 15 is 0 Å². The Morgan fingerprint density at radius 1 is 1.03 bits per heavy atom. The van der Waals surface area contributed by atoms with E-state index in [2.05, 4.69) is 0 Å². The number of carboxylic acid groups (broad SMARTS) is 1. The number of pyridine rings is 1. The van der Waals surface area contributed by atoms with Crippen LogP contribution < -0.4 is 9.84 Å². The van der Waals surface area contributed by atoms with E-state index in [9.17, 15) is 14.3 Å². The van der Waals surface area contributed by atoms with Gasteiger partial charge in [0.25, 0.3) is 0 Å². The van der Waals surface area contributed by atoms with Crippen molar-refractivity contribution in [1.29, 1.82) is 0 Å². The Labute approximate surface area is 189 Å². The van der Waals surface area contributed by atoms with Crippen LogP contribution in [0.25, 0.3) is 44.2 Å². The number of halogens is 1. The highest BCUT2D eigenvalue weighted by atomic mass is 19.1. The summed E-state index contributed by atoms with van der Waals surface area (Å²) in [5, 5.41) is 13.2. The molecule has 0 radical (unpaired) electrons. The van der Waals surface area contributed by atoms with Gasteiger partial charge in [-0.3, -0.25) is 0 Å². The average molecular weight is 439 g/mol. The average Bonchev–Trinajstić information content (AvgIpc) is 3.15. The second kappa shape index (κ2) is 7.74. The Morgan fingerprint density at radius 3 is 2.58 bits per heavy atom. The number of hydrogen-bond acceptors (Lipinski definition) is 4. The van der Waals surface area contributed by atoms with Crippen LogP contribution in [-0.2, 0) is 7.05 Å². The summed E-state index contributed by atoms with van der Waals surface area (Å²) < 4.78 is 21.3. The number of aromatic carboxylic acids is 1. The van der Waals surface area contributed by atoms with Gasteiger partial charge in [0.15, 0.2) is 0 Å². The molecule has 0 saturated heterocycles. The molecule has 0 bridgehead atoms. The molecule has 5 rings (SSSR count). The van der Waals surface area contributed by atoms with Crippen LogP contribution in [0.5, 0.6) is 5.75 Å². The van der Waals surface area contributed by atoms with E-state index in [0.717, 1.165) is 33.3 Å². The Balaban J connectivity index is 1.81. The Kier molecular flexibility index (Phi) is 4.86. The van der Waals surface area contributed by atoms with Crippen LogP contribution >= 0.6 is 0 Å². The first-order chi connectivity index (χ1) is 15.9. The first-order valence-corrected chi connectivity index (χ1v) is 10.4. The van der Waals surface area contributed by atoms with Crippen molar-refractivity contribution in [3.05, 3.63) is 83.8 Å². The summed E-state index contributed by atoms with van der Waals surface area (Å²) in [6, 6.07) is 17.8. The molecule has 0 spiro atoms. The Hall–Kier alpha value is -4.19. The van der Waals surface area contributed by atoms with Crippen LogP contribution in [0, 0.1) is 12.7 Å². The zero-order valence-corrected chi connectivity index (χ0v) is 18.3. The molecule has 0 amide bonds. The molecular weight excluding hydrogens is 419 g/mol. The number of para-hydroxylation sites is 1. The number of aryl methyl sites for hydroxylation is 1. The molecule has 0 aliphatic rings. The van der Waals surface area contributed by atoms with Crippen molar-refractivity contribution in [2.75, 3.05) is 7.11 Å². The fraction of sp³-hybridized carbons (Fsp3) is 0.111. The monoisotopic (exact) mass is 439 g/mol. The highest BCUT2D eigenvalue weighted by Gasteiger charge is 2.19. The first-order valence-electron chi connectivity index (χ1n) is 10.4. The molecule has 6 heteroatoms. The number of ether oxygens (including phenoxy) is 1. The number of aromatic nitrogens is 2. The summed E-state index contributed by atoms with van der Waals surface area (Å²) in [4.78, 5) is 16.8. The highest BCUT2D eigenvalue weighted by Crippen LogP contribution is 2.39. The molecular formula is C27H20FN2O3-. The summed E-state index contributed by atoms with van der Waals surface area (Å²) >= 11 is 0. The lowest BCUT2D eigenvalue weighted by molar-refractivity contribution is -0.254. The van der Waals surface area contributed by atoms with Gasteiger partial charge in [-0.15, -0.1) is 0 Å². The minimum absolute atomic E-state index is 0.0459. The van der Waals surface area contributed by atoms with Gasteiger partial charge in [0.2, 0.25) is 0 Å². The van der Waals surface area contributed by atoms with E-state index in [1.54, 1.807) is 14.0 Å². The van der Waals surface area contributed by atoms with Gasteiger partial charge in [0.1, 0.15) is 11.6 Å². The number of hydrogen-bond donors (Lipinski definition) is 0. The topological polar surface area (TPSA) is 67.2 Å². The predicted molar refractivity (Wildman–Crippen MR) is 125 cm³/mol. The van der Waals surface area contributed by atoms with E-state index in [1.807, 2.05) is 60.3 Å². The van der Waals surface area contributed by atoms with Crippen LogP contribution in [0.15, 0.2) is 66.9 Å². The van der Waals surface area contributed by atoms with Gasteiger partial charge in [-0.1, -0.05) is 30.3 Å². The zero-order chi connectivity index (χ0) is 23.3. The molecule has 0 fully saturated rings. The normalized spacial score (nSPS) is 11.3. The maximum Gasteiger partial charge on any atom is 0.123 e. The molecule has 0 saturated carbocycles. The number of benzene rings is 3. The van der Waals surface area contributed by atoms with E-state index in [0.29, 0.717) is 16.8 Å². The maximum atomic E-state index is 13.9. The van der Waals surface area contributed by atoms with Crippen molar-refractivity contribution in [1.82, 2.24) is 9.55 Å². The summed E-state index contributed by atoms with van der Waals surface area (Å²) in [7, 11) is 3.58. The minimum Gasteiger partial charge on any atom is -0.545 e. The van der Waals surface area contributed by atoms with Crippen molar-refractivity contribution in [2.24, 2.45) is 7.05 Å². The number of rotatable bonds is 4. The molecule has 3 aromatic carbocycles. The fourth-order valence-corrected chi connectivity index (χ4v) is 4.54. The number of nitrogens with zero attached hydrogens (tertiary/aromatic N) is 2. The van der Waals surface area contributed by atoms with Crippen LogP contribution in [0.2, 0.25) is 0 Å². The Morgan fingerprint density at radius 2 is 1.82 bits per heavy atom. The number of fused-ring (bicyclic) bond motifs is 2. The zero-order valence-electron chi connectivity index (χ0n) is 18.3. The first kappa shape index (κ1) is 20.7. The number of methoxy groups -OCH3 is 1. The summed E-state index contributed by atoms with van der Waals surface area (Å²) in [5.41, 5.74) is 5.11. The summed E-state index contributed by atoms with van der Waals surface area (Å²) in [5.74, 6) is -1.12. The van der Waals surface area contributed by atoms with Gasteiger partial charge in [0.05, 0.1) is 29.8 Å². The number of carbonyl (C=O) groups is 1. The lowest BCUT2D eigenvalue weighted by Gasteiger charge is -2.15. The van der Waals surface area contributed by atoms with E-state index in [-0.39, 0.29) is 10.9 Å².